The van der Waals surface area contributed by atoms with Gasteiger partial charge >= 0.3 is 0 Å². The number of rotatable bonds is 8. The Morgan fingerprint density at radius 2 is 1.89 bits per heavy atom. The van der Waals surface area contributed by atoms with E-state index in [-0.39, 0.29) is 23.0 Å². The van der Waals surface area contributed by atoms with Crippen LogP contribution in [0.3, 0.4) is 0 Å². The monoisotopic (exact) mass is 464 g/mol. The Morgan fingerprint density at radius 1 is 1.21 bits per heavy atom. The predicted molar refractivity (Wildman–Crippen MR) is 112 cm³/mol. The number of halogens is 1. The summed E-state index contributed by atoms with van der Waals surface area (Å²) in [6.45, 7) is 0.628. The van der Waals surface area contributed by atoms with Crippen LogP contribution >= 0.6 is 15.9 Å². The molecule has 0 aromatic heterocycles. The first-order chi connectivity index (χ1) is 13.3. The van der Waals surface area contributed by atoms with Crippen molar-refractivity contribution in [3.63, 3.8) is 0 Å². The Morgan fingerprint density at radius 3 is 2.50 bits per heavy atom. The summed E-state index contributed by atoms with van der Waals surface area (Å²) in [6.07, 6.45) is 5.78. The molecule has 28 heavy (non-hydrogen) atoms. The van der Waals surface area contributed by atoms with Crippen LogP contribution in [-0.4, -0.2) is 45.9 Å². The predicted octanol–water partition coefficient (Wildman–Crippen LogP) is 2.68. The molecule has 148 valence electrons. The van der Waals surface area contributed by atoms with Gasteiger partial charge in [0.25, 0.3) is 5.91 Å². The highest BCUT2D eigenvalue weighted by atomic mass is 79.9. The summed E-state index contributed by atoms with van der Waals surface area (Å²) in [5.74, 6) is 2.76. The highest BCUT2D eigenvalue weighted by Crippen LogP contribution is 2.25. The SMILES string of the molecule is C#CCOc1ccc(CCNC(=O)c2ccc(Br)c(S(=O)(=O)N(C)C)c2)cc1. The lowest BCUT2D eigenvalue weighted by Crippen LogP contribution is -2.27. The van der Waals surface area contributed by atoms with Crippen LogP contribution in [0.4, 0.5) is 0 Å². The largest absolute Gasteiger partial charge is 0.481 e. The summed E-state index contributed by atoms with van der Waals surface area (Å²) in [5.41, 5.74) is 1.31. The van der Waals surface area contributed by atoms with Crippen molar-refractivity contribution in [3.05, 3.63) is 58.1 Å². The van der Waals surface area contributed by atoms with Crippen molar-refractivity contribution >= 4 is 31.9 Å². The summed E-state index contributed by atoms with van der Waals surface area (Å²) in [4.78, 5) is 12.4. The van der Waals surface area contributed by atoms with Crippen LogP contribution < -0.4 is 10.1 Å². The summed E-state index contributed by atoms with van der Waals surface area (Å²) < 4.78 is 31.5. The molecule has 0 saturated carbocycles. The summed E-state index contributed by atoms with van der Waals surface area (Å²) >= 11 is 3.23. The van der Waals surface area contributed by atoms with E-state index in [1.54, 1.807) is 12.1 Å². The Bertz CT molecular complexity index is 980. The number of hydrogen-bond donors (Lipinski definition) is 1. The Balaban J connectivity index is 1.99. The van der Waals surface area contributed by atoms with Crippen molar-refractivity contribution in [2.45, 2.75) is 11.3 Å². The average molecular weight is 465 g/mol. The molecule has 2 rings (SSSR count). The van der Waals surface area contributed by atoms with Crippen molar-refractivity contribution in [1.82, 2.24) is 9.62 Å². The van der Waals surface area contributed by atoms with Gasteiger partial charge in [0.15, 0.2) is 0 Å². The number of sulfonamides is 1. The van der Waals surface area contributed by atoms with Crippen molar-refractivity contribution in [2.75, 3.05) is 27.2 Å². The lowest BCUT2D eigenvalue weighted by atomic mass is 10.1. The molecule has 2 aromatic rings. The first-order valence-corrected chi connectivity index (χ1v) is 10.6. The molecule has 0 spiro atoms. The molecule has 0 saturated heterocycles. The molecule has 1 N–H and O–H groups in total. The van der Waals surface area contributed by atoms with Crippen LogP contribution in [0, 0.1) is 12.3 Å². The van der Waals surface area contributed by atoms with Crippen LogP contribution in [-0.2, 0) is 16.4 Å². The van der Waals surface area contributed by atoms with Crippen molar-refractivity contribution < 1.29 is 17.9 Å². The zero-order valence-electron chi connectivity index (χ0n) is 15.6. The van der Waals surface area contributed by atoms with Crippen molar-refractivity contribution in [1.29, 1.82) is 0 Å². The molecule has 1 amide bonds. The number of terminal acetylenes is 1. The molecular weight excluding hydrogens is 444 g/mol. The zero-order chi connectivity index (χ0) is 20.7. The molecule has 0 aliphatic rings. The molecule has 0 bridgehead atoms. The van der Waals surface area contributed by atoms with Gasteiger partial charge < -0.3 is 10.1 Å². The lowest BCUT2D eigenvalue weighted by molar-refractivity contribution is 0.0954. The number of nitrogens with zero attached hydrogens (tertiary/aromatic N) is 1. The first kappa shape index (κ1) is 22.0. The minimum atomic E-state index is -3.66. The third-order valence-corrected chi connectivity index (χ3v) is 6.71. The molecule has 0 atom stereocenters. The topological polar surface area (TPSA) is 75.7 Å². The fraction of sp³-hybridized carbons (Fsp3) is 0.250. The van der Waals surface area contributed by atoms with E-state index in [4.69, 9.17) is 11.2 Å². The third kappa shape index (κ3) is 5.58. The zero-order valence-corrected chi connectivity index (χ0v) is 18.0. The van der Waals surface area contributed by atoms with Gasteiger partial charge in [0.1, 0.15) is 12.4 Å². The van der Waals surface area contributed by atoms with Gasteiger partial charge in [-0.1, -0.05) is 18.1 Å². The van der Waals surface area contributed by atoms with Gasteiger partial charge in [0, 0.05) is 30.7 Å². The number of carbonyl (C=O) groups is 1. The minimum absolute atomic E-state index is 0.0488. The van der Waals surface area contributed by atoms with Crippen LogP contribution in [0.5, 0.6) is 5.75 Å². The van der Waals surface area contributed by atoms with E-state index in [1.165, 1.54) is 20.2 Å². The van der Waals surface area contributed by atoms with E-state index in [1.807, 2.05) is 24.3 Å². The molecule has 2 aromatic carbocycles. The third-order valence-electron chi connectivity index (χ3n) is 3.90. The normalized spacial score (nSPS) is 11.1. The van der Waals surface area contributed by atoms with E-state index in [9.17, 15) is 13.2 Å². The second-order valence-electron chi connectivity index (χ2n) is 6.08. The van der Waals surface area contributed by atoms with Gasteiger partial charge in [-0.3, -0.25) is 4.79 Å². The second kappa shape index (κ2) is 9.73. The highest BCUT2D eigenvalue weighted by Gasteiger charge is 2.22. The number of ether oxygens (including phenoxy) is 1. The smallest absolute Gasteiger partial charge is 0.251 e. The number of benzene rings is 2. The second-order valence-corrected chi connectivity index (χ2v) is 9.05. The van der Waals surface area contributed by atoms with Gasteiger partial charge in [0.2, 0.25) is 10.0 Å². The van der Waals surface area contributed by atoms with Crippen LogP contribution in [0.15, 0.2) is 51.8 Å². The average Bonchev–Trinajstić information content (AvgIpc) is 2.67. The van der Waals surface area contributed by atoms with Crippen LogP contribution in [0.25, 0.3) is 0 Å². The minimum Gasteiger partial charge on any atom is -0.481 e. The van der Waals surface area contributed by atoms with Gasteiger partial charge in [0.05, 0.1) is 4.90 Å². The molecule has 0 radical (unpaired) electrons. The molecule has 0 heterocycles. The Hall–Kier alpha value is -2.34. The summed E-state index contributed by atoms with van der Waals surface area (Å²) in [7, 11) is -0.772. The molecule has 0 fully saturated rings. The van der Waals surface area contributed by atoms with E-state index in [2.05, 4.69) is 27.2 Å². The quantitative estimate of drug-likeness (QED) is 0.609. The lowest BCUT2D eigenvalue weighted by Gasteiger charge is -2.14. The molecule has 0 aliphatic carbocycles. The fourth-order valence-electron chi connectivity index (χ4n) is 2.34. The molecule has 8 heteroatoms. The number of nitrogens with one attached hydrogen (secondary N) is 1. The van der Waals surface area contributed by atoms with Gasteiger partial charge in [-0.2, -0.15) is 0 Å². The fourth-order valence-corrected chi connectivity index (χ4v) is 4.18. The van der Waals surface area contributed by atoms with Crippen LogP contribution in [0.2, 0.25) is 0 Å². The summed E-state index contributed by atoms with van der Waals surface area (Å²) in [5, 5.41) is 2.80. The number of amides is 1. The van der Waals surface area contributed by atoms with E-state index < -0.39 is 10.0 Å². The summed E-state index contributed by atoms with van der Waals surface area (Å²) in [6, 6.07) is 11.9. The molecular formula is C20H21BrN2O4S. The van der Waals surface area contributed by atoms with Gasteiger partial charge in [-0.25, -0.2) is 12.7 Å². The van der Waals surface area contributed by atoms with Gasteiger partial charge in [-0.15, -0.1) is 6.42 Å². The number of carbonyl (C=O) groups excluding carboxylic acids is 1. The maximum Gasteiger partial charge on any atom is 0.251 e. The Labute approximate surface area is 174 Å². The molecule has 0 unspecified atom stereocenters. The number of hydrogen-bond acceptors (Lipinski definition) is 4. The van der Waals surface area contributed by atoms with Crippen molar-refractivity contribution in [2.24, 2.45) is 0 Å². The maximum absolute atomic E-state index is 12.4. The van der Waals surface area contributed by atoms with E-state index in [0.717, 1.165) is 9.87 Å². The molecule has 6 nitrogen and oxygen atoms in total. The molecule has 0 aliphatic heterocycles. The van der Waals surface area contributed by atoms with E-state index >= 15 is 0 Å². The Kier molecular flexibility index (Phi) is 7.63. The first-order valence-electron chi connectivity index (χ1n) is 8.41. The van der Waals surface area contributed by atoms with Gasteiger partial charge in [-0.05, 0) is 58.2 Å². The van der Waals surface area contributed by atoms with Crippen LogP contribution in [0.1, 0.15) is 15.9 Å². The highest BCUT2D eigenvalue weighted by molar-refractivity contribution is 9.10. The van der Waals surface area contributed by atoms with E-state index in [0.29, 0.717) is 23.2 Å². The van der Waals surface area contributed by atoms with Crippen molar-refractivity contribution in [3.8, 4) is 18.1 Å². The standard InChI is InChI=1S/C20H21BrN2O4S/c1-4-13-27-17-8-5-15(6-9-17)11-12-22-20(24)16-7-10-18(21)19(14-16)28(25,26)23(2)3/h1,5-10,14H,11-13H2,2-3H3,(H,22,24). The maximum atomic E-state index is 12.4.